The maximum absolute atomic E-state index is 13.7. The van der Waals surface area contributed by atoms with Crippen molar-refractivity contribution >= 4 is 23.5 Å². The third-order valence-electron chi connectivity index (χ3n) is 6.81. The quantitative estimate of drug-likeness (QED) is 0.378. The minimum atomic E-state index is -0.615. The van der Waals surface area contributed by atoms with Gasteiger partial charge in [-0.15, -0.1) is 0 Å². The van der Waals surface area contributed by atoms with Gasteiger partial charge in [0, 0.05) is 51.1 Å². The van der Waals surface area contributed by atoms with Crippen molar-refractivity contribution in [1.82, 2.24) is 19.8 Å². The standard InChI is InChI=1S/C29H38N6O4/c1-21-8-6-9-22(2)27(21)39-29(36)35(24-11-10-23(37-4)20-25(24)38-5)26-12-14-31-28(32-26)30-13-7-15-34-18-16-33(3)17-19-34/h6,8-12,14,20H,7,13,15-19H2,1-5H3,(H,30,31,32). The number of nitrogens with zero attached hydrogens (tertiary/aromatic N) is 5. The molecule has 0 unspecified atom stereocenters. The lowest BCUT2D eigenvalue weighted by Crippen LogP contribution is -2.44. The molecular weight excluding hydrogens is 496 g/mol. The van der Waals surface area contributed by atoms with Crippen LogP contribution in [0.4, 0.5) is 22.2 Å². The Hall–Kier alpha value is -3.89. The molecule has 208 valence electrons. The number of para-hydroxylation sites is 1. The molecule has 1 fully saturated rings. The number of amides is 1. The van der Waals surface area contributed by atoms with Gasteiger partial charge >= 0.3 is 6.09 Å². The lowest BCUT2D eigenvalue weighted by atomic mass is 10.1. The first-order valence-corrected chi connectivity index (χ1v) is 13.2. The molecule has 0 aliphatic carbocycles. The summed E-state index contributed by atoms with van der Waals surface area (Å²) in [5.41, 5.74) is 2.18. The number of benzene rings is 2. The van der Waals surface area contributed by atoms with Crippen molar-refractivity contribution in [2.24, 2.45) is 0 Å². The van der Waals surface area contributed by atoms with Crippen molar-refractivity contribution in [3.63, 3.8) is 0 Å². The number of ether oxygens (including phenoxy) is 3. The minimum absolute atomic E-state index is 0.353. The maximum Gasteiger partial charge on any atom is 0.425 e. The van der Waals surface area contributed by atoms with E-state index in [0.29, 0.717) is 41.2 Å². The van der Waals surface area contributed by atoms with Crippen molar-refractivity contribution < 1.29 is 19.0 Å². The van der Waals surface area contributed by atoms with Crippen LogP contribution in [-0.4, -0.2) is 86.4 Å². The van der Waals surface area contributed by atoms with Gasteiger partial charge in [-0.25, -0.2) is 14.7 Å². The second kappa shape index (κ2) is 13.3. The molecule has 2 heterocycles. The van der Waals surface area contributed by atoms with E-state index in [4.69, 9.17) is 14.2 Å². The number of likely N-dealkylation sites (N-methyl/N-ethyl adjacent to an activating group) is 1. The number of carbonyl (C=O) groups is 1. The molecule has 1 N–H and O–H groups in total. The van der Waals surface area contributed by atoms with Crippen LogP contribution in [0.25, 0.3) is 0 Å². The van der Waals surface area contributed by atoms with Crippen molar-refractivity contribution in [3.05, 3.63) is 59.8 Å². The third-order valence-corrected chi connectivity index (χ3v) is 6.81. The van der Waals surface area contributed by atoms with Gasteiger partial charge in [0.25, 0.3) is 0 Å². The average Bonchev–Trinajstić information content (AvgIpc) is 2.94. The molecule has 1 aliphatic rings. The van der Waals surface area contributed by atoms with E-state index in [1.54, 1.807) is 44.7 Å². The highest BCUT2D eigenvalue weighted by atomic mass is 16.6. The lowest BCUT2D eigenvalue weighted by molar-refractivity contribution is 0.154. The van der Waals surface area contributed by atoms with E-state index in [2.05, 4.69) is 32.1 Å². The number of piperazine rings is 1. The van der Waals surface area contributed by atoms with Crippen molar-refractivity contribution in [3.8, 4) is 17.2 Å². The second-order valence-electron chi connectivity index (χ2n) is 9.63. The van der Waals surface area contributed by atoms with E-state index in [1.165, 1.54) is 4.90 Å². The number of anilines is 3. The van der Waals surface area contributed by atoms with E-state index in [1.807, 2.05) is 32.0 Å². The molecule has 2 aromatic carbocycles. The molecule has 0 bridgehead atoms. The third kappa shape index (κ3) is 7.15. The van der Waals surface area contributed by atoms with E-state index in [-0.39, 0.29) is 0 Å². The van der Waals surface area contributed by atoms with Crippen LogP contribution >= 0.6 is 0 Å². The topological polar surface area (TPSA) is 92.3 Å². The number of aryl methyl sites for hydroxylation is 2. The van der Waals surface area contributed by atoms with Gasteiger partial charge in [-0.2, -0.15) is 4.98 Å². The van der Waals surface area contributed by atoms with Crippen LogP contribution in [0.5, 0.6) is 17.2 Å². The Kier molecular flexibility index (Phi) is 9.56. The van der Waals surface area contributed by atoms with Gasteiger partial charge in [-0.1, -0.05) is 18.2 Å². The number of carbonyl (C=O) groups excluding carboxylic acids is 1. The Morgan fingerprint density at radius 1 is 1.03 bits per heavy atom. The summed E-state index contributed by atoms with van der Waals surface area (Å²) in [6.07, 6.45) is 1.97. The van der Waals surface area contributed by atoms with E-state index >= 15 is 0 Å². The summed E-state index contributed by atoms with van der Waals surface area (Å²) in [5.74, 6) is 2.34. The summed E-state index contributed by atoms with van der Waals surface area (Å²) in [4.78, 5) is 29.0. The zero-order valence-electron chi connectivity index (χ0n) is 23.4. The smallest absolute Gasteiger partial charge is 0.425 e. The number of hydrogen-bond donors (Lipinski definition) is 1. The van der Waals surface area contributed by atoms with Crippen molar-refractivity contribution in [2.75, 3.05) is 70.8 Å². The predicted molar refractivity (Wildman–Crippen MR) is 153 cm³/mol. The Morgan fingerprint density at radius 3 is 2.46 bits per heavy atom. The molecule has 10 nitrogen and oxygen atoms in total. The molecule has 0 atom stereocenters. The largest absolute Gasteiger partial charge is 0.497 e. The molecule has 3 aromatic rings. The molecule has 39 heavy (non-hydrogen) atoms. The SMILES string of the molecule is COc1ccc(N(C(=O)Oc2c(C)cccc2C)c2ccnc(NCCCN3CCN(C)CC3)n2)c(OC)c1. The zero-order valence-corrected chi connectivity index (χ0v) is 23.4. The van der Waals surface area contributed by atoms with Gasteiger partial charge in [-0.3, -0.25) is 0 Å². The van der Waals surface area contributed by atoms with Crippen molar-refractivity contribution in [1.29, 1.82) is 0 Å². The molecule has 0 radical (unpaired) electrons. The molecule has 1 aliphatic heterocycles. The van der Waals surface area contributed by atoms with Gasteiger partial charge in [0.05, 0.1) is 19.9 Å². The van der Waals surface area contributed by atoms with Gasteiger partial charge in [0.15, 0.2) is 0 Å². The number of nitrogens with one attached hydrogen (secondary N) is 1. The summed E-state index contributed by atoms with van der Waals surface area (Å²) in [5, 5.41) is 3.30. The second-order valence-corrected chi connectivity index (χ2v) is 9.63. The van der Waals surface area contributed by atoms with Crippen molar-refractivity contribution in [2.45, 2.75) is 20.3 Å². The number of rotatable bonds is 10. The van der Waals surface area contributed by atoms with Crippen LogP contribution in [0.3, 0.4) is 0 Å². The minimum Gasteiger partial charge on any atom is -0.497 e. The molecule has 0 spiro atoms. The first-order valence-electron chi connectivity index (χ1n) is 13.2. The molecule has 1 aromatic heterocycles. The van der Waals surface area contributed by atoms with Crippen LogP contribution in [0, 0.1) is 13.8 Å². The number of hydrogen-bond acceptors (Lipinski definition) is 9. The fourth-order valence-corrected chi connectivity index (χ4v) is 4.51. The Morgan fingerprint density at radius 2 is 1.77 bits per heavy atom. The molecule has 1 saturated heterocycles. The highest BCUT2D eigenvalue weighted by Gasteiger charge is 2.27. The lowest BCUT2D eigenvalue weighted by Gasteiger charge is -2.32. The zero-order chi connectivity index (χ0) is 27.8. The summed E-state index contributed by atoms with van der Waals surface area (Å²) in [6.45, 7) is 9.91. The molecular formula is C29H38N6O4. The van der Waals surface area contributed by atoms with Crippen LogP contribution in [0.15, 0.2) is 48.7 Å². The summed E-state index contributed by atoms with van der Waals surface area (Å²) in [7, 11) is 5.28. The molecule has 10 heteroatoms. The average molecular weight is 535 g/mol. The highest BCUT2D eigenvalue weighted by Crippen LogP contribution is 2.37. The monoisotopic (exact) mass is 534 g/mol. The van der Waals surface area contributed by atoms with Crippen LogP contribution in [-0.2, 0) is 0 Å². The molecule has 1 amide bonds. The fraction of sp³-hybridized carbons (Fsp3) is 0.414. The number of methoxy groups -OCH3 is 2. The molecule has 4 rings (SSSR count). The normalized spacial score (nSPS) is 14.1. The van der Waals surface area contributed by atoms with Crippen LogP contribution in [0.1, 0.15) is 17.5 Å². The van der Waals surface area contributed by atoms with E-state index < -0.39 is 6.09 Å². The van der Waals surface area contributed by atoms with Gasteiger partial charge < -0.3 is 29.3 Å². The molecule has 0 saturated carbocycles. The Labute approximate surface area is 230 Å². The predicted octanol–water partition coefficient (Wildman–Crippen LogP) is 4.50. The first kappa shape index (κ1) is 28.1. The maximum atomic E-state index is 13.7. The van der Waals surface area contributed by atoms with Crippen LogP contribution in [0.2, 0.25) is 0 Å². The Bertz CT molecular complexity index is 1240. The highest BCUT2D eigenvalue weighted by molar-refractivity contribution is 5.98. The van der Waals surface area contributed by atoms with Gasteiger partial charge in [0.2, 0.25) is 5.95 Å². The summed E-state index contributed by atoms with van der Waals surface area (Å²) in [6, 6.07) is 12.6. The van der Waals surface area contributed by atoms with Gasteiger partial charge in [0.1, 0.15) is 23.1 Å². The Balaban J connectivity index is 1.56. The van der Waals surface area contributed by atoms with Crippen LogP contribution < -0.4 is 24.4 Å². The fourth-order valence-electron chi connectivity index (χ4n) is 4.51. The first-order chi connectivity index (χ1) is 18.9. The van der Waals surface area contributed by atoms with E-state index in [0.717, 1.165) is 50.3 Å². The number of aromatic nitrogens is 2. The summed E-state index contributed by atoms with van der Waals surface area (Å²) < 4.78 is 16.9. The van der Waals surface area contributed by atoms with E-state index in [9.17, 15) is 4.79 Å². The van der Waals surface area contributed by atoms with Gasteiger partial charge in [-0.05, 0) is 57.1 Å². The summed E-state index contributed by atoms with van der Waals surface area (Å²) >= 11 is 0.